The summed E-state index contributed by atoms with van der Waals surface area (Å²) in [6, 6.07) is 9.87. The number of rotatable bonds is 3. The average Bonchev–Trinajstić information content (AvgIpc) is 2.75. The lowest BCUT2D eigenvalue weighted by molar-refractivity contribution is 0.414. The summed E-state index contributed by atoms with van der Waals surface area (Å²) in [7, 11) is 1.66. The summed E-state index contributed by atoms with van der Waals surface area (Å²) in [5.41, 5.74) is 2.23. The molecule has 2 aromatic rings. The first kappa shape index (κ1) is 11.7. The fourth-order valence-corrected chi connectivity index (χ4v) is 2.88. The van der Waals surface area contributed by atoms with Crippen molar-refractivity contribution in [2.75, 3.05) is 7.11 Å². The van der Waals surface area contributed by atoms with Gasteiger partial charge in [0.1, 0.15) is 5.75 Å². The molecule has 0 aliphatic carbocycles. The number of hydrogen-bond acceptors (Lipinski definition) is 2. The Labute approximate surface area is 111 Å². The summed E-state index contributed by atoms with van der Waals surface area (Å²) in [5, 5.41) is 0. The van der Waals surface area contributed by atoms with Crippen LogP contribution >= 0.6 is 31.9 Å². The van der Waals surface area contributed by atoms with E-state index in [1.54, 1.807) is 13.4 Å². The van der Waals surface area contributed by atoms with Crippen LogP contribution in [0.4, 0.5) is 0 Å². The van der Waals surface area contributed by atoms with Crippen LogP contribution in [0.5, 0.6) is 5.75 Å². The third kappa shape index (κ3) is 2.33. The Kier molecular flexibility index (Phi) is 3.71. The summed E-state index contributed by atoms with van der Waals surface area (Å²) in [4.78, 5) is 0.117. The SMILES string of the molecule is COc1ccc(C(Br)c2ccoc2Br)cc1. The largest absolute Gasteiger partial charge is 0.497 e. The highest BCUT2D eigenvalue weighted by molar-refractivity contribution is 9.10. The van der Waals surface area contributed by atoms with Gasteiger partial charge in [-0.15, -0.1) is 0 Å². The minimum Gasteiger partial charge on any atom is -0.497 e. The normalized spacial score (nSPS) is 12.4. The van der Waals surface area contributed by atoms with Crippen molar-refractivity contribution in [3.63, 3.8) is 0 Å². The molecule has 1 aromatic heterocycles. The Morgan fingerprint density at radius 2 is 1.88 bits per heavy atom. The topological polar surface area (TPSA) is 22.4 Å². The van der Waals surface area contributed by atoms with Crippen molar-refractivity contribution in [3.05, 3.63) is 52.4 Å². The van der Waals surface area contributed by atoms with Crippen LogP contribution in [0.1, 0.15) is 16.0 Å². The van der Waals surface area contributed by atoms with Crippen LogP contribution < -0.4 is 4.74 Å². The zero-order valence-electron chi connectivity index (χ0n) is 8.61. The van der Waals surface area contributed by atoms with Crippen molar-refractivity contribution in [3.8, 4) is 5.75 Å². The minimum absolute atomic E-state index is 0.117. The monoisotopic (exact) mass is 344 g/mol. The van der Waals surface area contributed by atoms with Gasteiger partial charge >= 0.3 is 0 Å². The van der Waals surface area contributed by atoms with Crippen LogP contribution in [0.3, 0.4) is 0 Å². The Morgan fingerprint density at radius 3 is 2.38 bits per heavy atom. The molecule has 0 saturated carbocycles. The summed E-state index contributed by atoms with van der Waals surface area (Å²) in [5.74, 6) is 0.856. The number of benzene rings is 1. The fourth-order valence-electron chi connectivity index (χ4n) is 1.44. The fraction of sp³-hybridized carbons (Fsp3) is 0.167. The van der Waals surface area contributed by atoms with Crippen molar-refractivity contribution in [2.24, 2.45) is 0 Å². The van der Waals surface area contributed by atoms with E-state index in [-0.39, 0.29) is 4.83 Å². The van der Waals surface area contributed by atoms with Gasteiger partial charge in [-0.05, 0) is 39.7 Å². The third-order valence-electron chi connectivity index (χ3n) is 2.33. The van der Waals surface area contributed by atoms with Crippen LogP contribution in [-0.2, 0) is 0 Å². The molecule has 4 heteroatoms. The van der Waals surface area contributed by atoms with Gasteiger partial charge in [-0.25, -0.2) is 0 Å². The smallest absolute Gasteiger partial charge is 0.173 e. The predicted octanol–water partition coefficient (Wildman–Crippen LogP) is 4.54. The molecule has 84 valence electrons. The quantitative estimate of drug-likeness (QED) is 0.762. The summed E-state index contributed by atoms with van der Waals surface area (Å²) in [6.07, 6.45) is 1.66. The van der Waals surface area contributed by atoms with Crippen LogP contribution in [-0.4, -0.2) is 7.11 Å². The summed E-state index contributed by atoms with van der Waals surface area (Å²) < 4.78 is 11.1. The van der Waals surface area contributed by atoms with E-state index in [1.165, 1.54) is 0 Å². The number of ether oxygens (including phenoxy) is 1. The van der Waals surface area contributed by atoms with Gasteiger partial charge < -0.3 is 9.15 Å². The molecule has 0 radical (unpaired) electrons. The van der Waals surface area contributed by atoms with Crippen molar-refractivity contribution in [2.45, 2.75) is 4.83 Å². The van der Waals surface area contributed by atoms with Crippen LogP contribution in [0.25, 0.3) is 0 Å². The molecule has 2 rings (SSSR count). The summed E-state index contributed by atoms with van der Waals surface area (Å²) in [6.45, 7) is 0. The van der Waals surface area contributed by atoms with Gasteiger partial charge in [-0.2, -0.15) is 0 Å². The molecule has 0 aliphatic heterocycles. The Balaban J connectivity index is 2.27. The van der Waals surface area contributed by atoms with E-state index in [4.69, 9.17) is 9.15 Å². The second-order valence-corrected chi connectivity index (χ2v) is 4.92. The molecule has 0 bridgehead atoms. The maximum Gasteiger partial charge on any atom is 0.173 e. The Hall–Kier alpha value is -0.740. The van der Waals surface area contributed by atoms with Crippen LogP contribution in [0, 0.1) is 0 Å². The number of halogens is 2. The maximum atomic E-state index is 5.21. The van der Waals surface area contributed by atoms with Gasteiger partial charge in [0, 0.05) is 5.56 Å². The molecule has 16 heavy (non-hydrogen) atoms. The van der Waals surface area contributed by atoms with Gasteiger partial charge in [0.05, 0.1) is 18.2 Å². The average molecular weight is 346 g/mol. The number of methoxy groups -OCH3 is 1. The predicted molar refractivity (Wildman–Crippen MR) is 70.2 cm³/mol. The maximum absolute atomic E-state index is 5.21. The molecule has 2 nitrogen and oxygen atoms in total. The van der Waals surface area contributed by atoms with Gasteiger partial charge in [0.15, 0.2) is 4.67 Å². The minimum atomic E-state index is 0.117. The highest BCUT2D eigenvalue weighted by Crippen LogP contribution is 2.36. The van der Waals surface area contributed by atoms with E-state index in [2.05, 4.69) is 31.9 Å². The Bertz CT molecular complexity index is 462. The molecule has 0 amide bonds. The van der Waals surface area contributed by atoms with Crippen molar-refractivity contribution < 1.29 is 9.15 Å². The second kappa shape index (κ2) is 5.06. The van der Waals surface area contributed by atoms with E-state index in [0.717, 1.165) is 21.5 Å². The van der Waals surface area contributed by atoms with E-state index >= 15 is 0 Å². The van der Waals surface area contributed by atoms with E-state index < -0.39 is 0 Å². The highest BCUT2D eigenvalue weighted by Gasteiger charge is 2.15. The van der Waals surface area contributed by atoms with Crippen LogP contribution in [0.2, 0.25) is 0 Å². The number of furan rings is 1. The molecule has 0 fully saturated rings. The standard InChI is InChI=1S/C12H10Br2O2/c1-15-9-4-2-8(3-5-9)11(13)10-6-7-16-12(10)14/h2-7,11H,1H3. The molecule has 0 saturated heterocycles. The summed E-state index contributed by atoms with van der Waals surface area (Å²) >= 11 is 7.01. The molecule has 0 spiro atoms. The lowest BCUT2D eigenvalue weighted by atomic mass is 10.1. The highest BCUT2D eigenvalue weighted by atomic mass is 79.9. The van der Waals surface area contributed by atoms with Crippen molar-refractivity contribution in [1.82, 2.24) is 0 Å². The number of hydrogen-bond donors (Lipinski definition) is 0. The van der Waals surface area contributed by atoms with Gasteiger partial charge in [-0.3, -0.25) is 0 Å². The van der Waals surface area contributed by atoms with Gasteiger partial charge in [0.25, 0.3) is 0 Å². The van der Waals surface area contributed by atoms with Crippen LogP contribution in [0.15, 0.2) is 45.7 Å². The first-order chi connectivity index (χ1) is 7.72. The molecule has 1 heterocycles. The molecule has 1 atom stereocenters. The lowest BCUT2D eigenvalue weighted by Gasteiger charge is -2.09. The zero-order chi connectivity index (χ0) is 11.5. The number of alkyl halides is 1. The molecule has 1 unspecified atom stereocenters. The zero-order valence-corrected chi connectivity index (χ0v) is 11.8. The van der Waals surface area contributed by atoms with Gasteiger partial charge in [-0.1, -0.05) is 28.1 Å². The molecular weight excluding hydrogens is 336 g/mol. The van der Waals surface area contributed by atoms with Crippen molar-refractivity contribution in [1.29, 1.82) is 0 Å². The van der Waals surface area contributed by atoms with Crippen molar-refractivity contribution >= 4 is 31.9 Å². The second-order valence-electron chi connectivity index (χ2n) is 3.29. The third-order valence-corrected chi connectivity index (χ3v) is 3.99. The Morgan fingerprint density at radius 1 is 1.19 bits per heavy atom. The molecule has 0 N–H and O–H groups in total. The molecule has 1 aromatic carbocycles. The first-order valence-electron chi connectivity index (χ1n) is 4.73. The lowest BCUT2D eigenvalue weighted by Crippen LogP contribution is -1.92. The van der Waals surface area contributed by atoms with E-state index in [9.17, 15) is 0 Å². The molecular formula is C12H10Br2O2. The van der Waals surface area contributed by atoms with Gasteiger partial charge in [0.2, 0.25) is 0 Å². The van der Waals surface area contributed by atoms with E-state index in [0.29, 0.717) is 0 Å². The first-order valence-corrected chi connectivity index (χ1v) is 6.44. The van der Waals surface area contributed by atoms with E-state index in [1.807, 2.05) is 30.3 Å². The molecule has 0 aliphatic rings.